The summed E-state index contributed by atoms with van der Waals surface area (Å²) in [5.41, 5.74) is 4.39. The van der Waals surface area contributed by atoms with E-state index in [-0.39, 0.29) is 48.7 Å². The van der Waals surface area contributed by atoms with Crippen LogP contribution in [0.15, 0.2) is 42.6 Å². The zero-order chi connectivity index (χ0) is 29.7. The summed E-state index contributed by atoms with van der Waals surface area (Å²) in [7, 11) is -3.43. The van der Waals surface area contributed by atoms with Gasteiger partial charge in [-0.2, -0.15) is 17.5 Å². The van der Waals surface area contributed by atoms with Gasteiger partial charge in [0.25, 0.3) is 0 Å². The van der Waals surface area contributed by atoms with Gasteiger partial charge in [-0.1, -0.05) is 54.2 Å². The molecule has 5 rings (SSSR count). The zero-order valence-corrected chi connectivity index (χ0v) is 24.7. The molecular weight excluding hydrogens is 597 g/mol. The van der Waals surface area contributed by atoms with Gasteiger partial charge in [-0.25, -0.2) is 8.42 Å². The second-order valence-corrected chi connectivity index (χ2v) is 13.5. The number of nitrogens with zero attached hydrogens (tertiary/aromatic N) is 3. The number of benzene rings is 2. The van der Waals surface area contributed by atoms with Crippen molar-refractivity contribution >= 4 is 55.5 Å². The monoisotopic (exact) mass is 626 g/mol. The smallest absolute Gasteiger partial charge is 0.389 e. The molecule has 0 atom stereocenters. The van der Waals surface area contributed by atoms with E-state index in [9.17, 15) is 26.4 Å². The van der Waals surface area contributed by atoms with E-state index < -0.39 is 15.5 Å². The topological polar surface area (TPSA) is 88.6 Å². The summed E-state index contributed by atoms with van der Waals surface area (Å²) in [6, 6.07) is 11.0. The van der Waals surface area contributed by atoms with Crippen molar-refractivity contribution in [2.75, 3.05) is 33.2 Å². The van der Waals surface area contributed by atoms with Crippen molar-refractivity contribution in [3.8, 4) is 11.1 Å². The van der Waals surface area contributed by atoms with Gasteiger partial charge >= 0.3 is 15.5 Å². The minimum absolute atomic E-state index is 0.0389. The first-order valence-electron chi connectivity index (χ1n) is 13.3. The van der Waals surface area contributed by atoms with Crippen molar-refractivity contribution in [2.45, 2.75) is 37.2 Å². The van der Waals surface area contributed by atoms with Crippen molar-refractivity contribution in [3.63, 3.8) is 0 Å². The number of halogens is 4. The van der Waals surface area contributed by atoms with Crippen molar-refractivity contribution in [1.29, 1.82) is 0 Å². The van der Waals surface area contributed by atoms with Crippen LogP contribution < -0.4 is 5.73 Å². The van der Waals surface area contributed by atoms with Crippen molar-refractivity contribution in [1.82, 2.24) is 13.8 Å². The molecule has 0 radical (unpaired) electrons. The van der Waals surface area contributed by atoms with Crippen molar-refractivity contribution < 1.29 is 26.4 Å². The molecule has 2 saturated heterocycles. The number of hydrogen-bond donors (Lipinski definition) is 1. The number of hydrogen-bond acceptors (Lipinski definition) is 5. The Bertz CT molecular complexity index is 1610. The van der Waals surface area contributed by atoms with Gasteiger partial charge in [0, 0.05) is 67.3 Å². The molecule has 220 valence electrons. The van der Waals surface area contributed by atoms with Gasteiger partial charge in [-0.15, -0.1) is 0 Å². The van der Waals surface area contributed by atoms with Crippen molar-refractivity contribution in [3.05, 3.63) is 58.7 Å². The molecule has 3 aromatic rings. The number of nitrogens with two attached hydrogens (primary N) is 1. The second-order valence-electron chi connectivity index (χ2n) is 10.8. The molecule has 2 aliphatic heterocycles. The lowest BCUT2D eigenvalue weighted by molar-refractivity contribution is -0.127. The number of likely N-dealkylation sites (tertiary alicyclic amines) is 1. The highest BCUT2D eigenvalue weighted by atomic mass is 35.5. The van der Waals surface area contributed by atoms with Crippen LogP contribution in [0.4, 0.5) is 13.2 Å². The predicted molar refractivity (Wildman–Crippen MR) is 157 cm³/mol. The molecule has 0 unspecified atom stereocenters. The maximum absolute atomic E-state index is 13.2. The first-order valence-corrected chi connectivity index (χ1v) is 15.5. The Kier molecular flexibility index (Phi) is 8.25. The maximum atomic E-state index is 13.2. The van der Waals surface area contributed by atoms with Gasteiger partial charge in [0.1, 0.15) is 10.8 Å². The number of piperidine rings is 1. The van der Waals surface area contributed by atoms with Crippen LogP contribution in [0, 0.1) is 5.92 Å². The molecule has 0 spiro atoms. The number of Topliss-reactive ketones (excluding diaryl/α,β-unsaturated/α-hetero) is 1. The highest BCUT2D eigenvalue weighted by molar-refractivity contribution is 7.90. The molecule has 41 heavy (non-hydrogen) atoms. The van der Waals surface area contributed by atoms with Gasteiger partial charge in [-0.05, 0) is 43.5 Å². The average molecular weight is 627 g/mol. The van der Waals surface area contributed by atoms with E-state index >= 15 is 0 Å². The van der Waals surface area contributed by atoms with Crippen LogP contribution in [0.25, 0.3) is 22.0 Å². The lowest BCUT2D eigenvalue weighted by Crippen LogP contribution is -2.47. The summed E-state index contributed by atoms with van der Waals surface area (Å²) >= 11 is 12.2. The van der Waals surface area contributed by atoms with Gasteiger partial charge in [0.15, 0.2) is 0 Å². The Hall–Kier alpha value is -2.51. The van der Waals surface area contributed by atoms with Crippen LogP contribution in [0.5, 0.6) is 0 Å². The van der Waals surface area contributed by atoms with E-state index in [2.05, 4.69) is 4.90 Å². The summed E-state index contributed by atoms with van der Waals surface area (Å²) in [4.78, 5) is 15.0. The van der Waals surface area contributed by atoms with E-state index in [1.165, 1.54) is 0 Å². The van der Waals surface area contributed by atoms with E-state index in [0.717, 1.165) is 35.2 Å². The van der Waals surface area contributed by atoms with Crippen molar-refractivity contribution in [2.24, 2.45) is 11.7 Å². The van der Waals surface area contributed by atoms with E-state index in [1.807, 2.05) is 54.2 Å². The summed E-state index contributed by atoms with van der Waals surface area (Å²) in [5, 5.41) is 1.30. The van der Waals surface area contributed by atoms with Crippen LogP contribution in [0.2, 0.25) is 5.02 Å². The summed E-state index contributed by atoms with van der Waals surface area (Å²) in [6.45, 7) is 0.984. The molecule has 2 aromatic carbocycles. The molecule has 7 nitrogen and oxygen atoms in total. The summed E-state index contributed by atoms with van der Waals surface area (Å²) in [5.74, 6) is 0.236. The van der Waals surface area contributed by atoms with Crippen LogP contribution in [0.1, 0.15) is 36.4 Å². The Morgan fingerprint density at radius 2 is 1.83 bits per heavy atom. The minimum atomic E-state index is -5.40. The first kappa shape index (κ1) is 30.0. The fourth-order valence-electron chi connectivity index (χ4n) is 5.77. The Morgan fingerprint density at radius 1 is 1.15 bits per heavy atom. The molecule has 0 saturated carbocycles. The van der Waals surface area contributed by atoms with E-state index in [1.54, 1.807) is 0 Å². The van der Waals surface area contributed by atoms with Gasteiger partial charge in [0.05, 0.1) is 10.5 Å². The molecule has 3 heterocycles. The molecule has 2 fully saturated rings. The molecule has 0 amide bonds. The zero-order valence-electron chi connectivity index (χ0n) is 22.3. The Balaban J connectivity index is 1.51. The van der Waals surface area contributed by atoms with Gasteiger partial charge in [-0.3, -0.25) is 4.79 Å². The predicted octanol–water partition coefficient (Wildman–Crippen LogP) is 5.15. The number of thiocarbonyl (C=S) groups is 1. The van der Waals surface area contributed by atoms with Crippen LogP contribution >= 0.6 is 23.8 Å². The molecule has 0 aliphatic carbocycles. The fourth-order valence-corrected chi connectivity index (χ4v) is 7.24. The minimum Gasteiger partial charge on any atom is -0.389 e. The molecular formula is C28H30ClF3N4O3S2. The number of carbonyl (C=O) groups excluding carboxylic acids is 1. The third-order valence-electron chi connectivity index (χ3n) is 8.08. The number of aryl methyl sites for hydroxylation is 1. The largest absolute Gasteiger partial charge is 0.511 e. The molecule has 13 heteroatoms. The molecule has 0 bridgehead atoms. The number of alkyl halides is 3. The molecule has 1 aromatic heterocycles. The number of fused-ring (bicyclic) bond motifs is 1. The maximum Gasteiger partial charge on any atom is 0.511 e. The third kappa shape index (κ3) is 5.77. The number of ketones is 1. The average Bonchev–Trinajstić information content (AvgIpc) is 3.31. The highest BCUT2D eigenvalue weighted by Crippen LogP contribution is 2.41. The Morgan fingerprint density at radius 3 is 2.44 bits per heavy atom. The standard InChI is InChI=1S/C28H30ClF3N4O3S2/c1-34-14-20(15-34)24(37)8-6-17-5-7-22-23(18-3-2-4-19(13-18)27(33)40)16-36(26(22)25(17)29)21-9-11-35(12-10-21)41(38,39)28(30,31)32/h2-5,7,13,16,20-21H,6,8-12,14-15H2,1H3,(H2,33,40). The van der Waals surface area contributed by atoms with E-state index in [4.69, 9.17) is 29.6 Å². The van der Waals surface area contributed by atoms with Crippen LogP contribution in [-0.2, 0) is 21.2 Å². The first-order chi connectivity index (χ1) is 19.3. The lowest BCUT2D eigenvalue weighted by atomic mass is 9.91. The SMILES string of the molecule is CN1CC(C(=O)CCc2ccc3c(-c4cccc(C(N)=S)c4)cn(C4CCN(S(=O)(=O)C(F)(F)F)CC4)c3c2Cl)C1. The highest BCUT2D eigenvalue weighted by Gasteiger charge is 2.50. The summed E-state index contributed by atoms with van der Waals surface area (Å²) in [6.07, 6.45) is 3.10. The molecule has 2 N–H and O–H groups in total. The fraction of sp³-hybridized carbons (Fsp3) is 0.429. The lowest BCUT2D eigenvalue weighted by Gasteiger charge is -2.35. The van der Waals surface area contributed by atoms with Crippen LogP contribution in [-0.4, -0.2) is 71.7 Å². The van der Waals surface area contributed by atoms with Crippen LogP contribution in [0.3, 0.4) is 0 Å². The molecule has 2 aliphatic rings. The quantitative estimate of drug-likeness (QED) is 0.348. The van der Waals surface area contributed by atoms with E-state index in [0.29, 0.717) is 33.2 Å². The summed E-state index contributed by atoms with van der Waals surface area (Å²) < 4.78 is 65.9. The van der Waals surface area contributed by atoms with Gasteiger partial charge < -0.3 is 15.2 Å². The normalized spacial score (nSPS) is 18.1. The third-order valence-corrected chi connectivity index (χ3v) is 10.4. The number of aromatic nitrogens is 1. The van der Waals surface area contributed by atoms with Gasteiger partial charge in [0.2, 0.25) is 0 Å². The number of rotatable bonds is 8. The number of sulfonamides is 1. The Labute approximate surface area is 247 Å². The number of carbonyl (C=O) groups is 1. The second kappa shape index (κ2) is 11.3.